The number of hydrogen-bond acceptors (Lipinski definition) is 1. The predicted molar refractivity (Wildman–Crippen MR) is 105 cm³/mol. The first kappa shape index (κ1) is 17.0. The molecular weight excluding hydrogens is 298 g/mol. The molecule has 1 nitrogen and oxygen atoms in total. The molecule has 3 rings (SSSR count). The average molecular weight is 332 g/mol. The average Bonchev–Trinajstić information content (AvgIpc) is 2.59. The maximum atomic E-state index is 6.32. The van der Waals surface area contributed by atoms with Gasteiger partial charge in [-0.05, 0) is 60.8 Å². The Morgan fingerprint density at radius 3 is 2.43 bits per heavy atom. The molecule has 0 saturated heterocycles. The third kappa shape index (κ3) is 2.63. The molecule has 2 heteroatoms. The lowest BCUT2D eigenvalue weighted by atomic mass is 9.45. The third-order valence-corrected chi connectivity index (χ3v) is 7.94. The first-order chi connectivity index (χ1) is 10.9. The lowest BCUT2D eigenvalue weighted by molar-refractivity contribution is -0.0264. The summed E-state index contributed by atoms with van der Waals surface area (Å²) >= 11 is 5.60. The number of benzene rings is 1. The Bertz CT molecular complexity index is 589. The molecule has 4 atom stereocenters. The van der Waals surface area contributed by atoms with E-state index in [1.807, 2.05) is 0 Å². The Labute approximate surface area is 148 Å². The SMILES string of the molecule is CCC1(c2ccccc2)CC2CC(C(N)=S)(CCC2(C)CC)C1.[HH]. The van der Waals surface area contributed by atoms with Gasteiger partial charge in [-0.25, -0.2) is 0 Å². The van der Waals surface area contributed by atoms with Crippen LogP contribution in [0.15, 0.2) is 30.3 Å². The molecule has 0 aliphatic heterocycles. The summed E-state index contributed by atoms with van der Waals surface area (Å²) in [6, 6.07) is 11.1. The molecule has 2 bridgehead atoms. The third-order valence-electron chi connectivity index (χ3n) is 7.50. The molecule has 0 heterocycles. The fourth-order valence-electron chi connectivity index (χ4n) is 5.48. The lowest BCUT2D eigenvalue weighted by Crippen LogP contribution is -2.55. The van der Waals surface area contributed by atoms with E-state index >= 15 is 0 Å². The maximum absolute atomic E-state index is 6.32. The van der Waals surface area contributed by atoms with Crippen molar-refractivity contribution >= 4 is 17.2 Å². The van der Waals surface area contributed by atoms with Crippen LogP contribution < -0.4 is 5.73 Å². The van der Waals surface area contributed by atoms with Gasteiger partial charge in [-0.2, -0.15) is 0 Å². The van der Waals surface area contributed by atoms with E-state index in [1.54, 1.807) is 0 Å². The van der Waals surface area contributed by atoms with Gasteiger partial charge in [0.25, 0.3) is 0 Å². The zero-order chi connectivity index (χ0) is 16.7. The molecule has 0 aromatic heterocycles. The van der Waals surface area contributed by atoms with Crippen LogP contribution in [0.5, 0.6) is 0 Å². The minimum atomic E-state index is 0. The Kier molecular flexibility index (Phi) is 4.33. The van der Waals surface area contributed by atoms with Crippen LogP contribution in [0.1, 0.15) is 72.7 Å². The summed E-state index contributed by atoms with van der Waals surface area (Å²) in [7, 11) is 0. The van der Waals surface area contributed by atoms with Crippen LogP contribution >= 0.6 is 12.2 Å². The Morgan fingerprint density at radius 2 is 1.87 bits per heavy atom. The fraction of sp³-hybridized carbons (Fsp3) is 0.667. The highest BCUT2D eigenvalue weighted by atomic mass is 32.1. The van der Waals surface area contributed by atoms with Gasteiger partial charge >= 0.3 is 0 Å². The normalized spacial score (nSPS) is 39.9. The van der Waals surface area contributed by atoms with Crippen molar-refractivity contribution in [2.75, 3.05) is 0 Å². The van der Waals surface area contributed by atoms with Crippen molar-refractivity contribution in [3.63, 3.8) is 0 Å². The second kappa shape index (κ2) is 5.88. The lowest BCUT2D eigenvalue weighted by Gasteiger charge is -2.59. The number of fused-ring (bicyclic) bond motifs is 2. The van der Waals surface area contributed by atoms with Crippen LogP contribution in [-0.2, 0) is 5.41 Å². The topological polar surface area (TPSA) is 26.0 Å². The molecular formula is C21H33NS. The summed E-state index contributed by atoms with van der Waals surface area (Å²) in [5.41, 5.74) is 8.59. The van der Waals surface area contributed by atoms with E-state index in [2.05, 4.69) is 51.1 Å². The molecule has 1 aromatic rings. The summed E-state index contributed by atoms with van der Waals surface area (Å²) in [5, 5.41) is 0. The molecule has 0 radical (unpaired) electrons. The molecule has 128 valence electrons. The van der Waals surface area contributed by atoms with Crippen molar-refractivity contribution in [3.8, 4) is 0 Å². The van der Waals surface area contributed by atoms with Crippen LogP contribution in [-0.4, -0.2) is 4.99 Å². The first-order valence-corrected chi connectivity index (χ1v) is 9.66. The molecule has 2 aliphatic carbocycles. The Hall–Kier alpha value is -0.890. The van der Waals surface area contributed by atoms with E-state index in [9.17, 15) is 0 Å². The van der Waals surface area contributed by atoms with E-state index in [0.29, 0.717) is 5.41 Å². The molecule has 2 aliphatic rings. The molecule has 1 aromatic carbocycles. The molecule has 2 saturated carbocycles. The van der Waals surface area contributed by atoms with Gasteiger partial charge in [0.15, 0.2) is 0 Å². The van der Waals surface area contributed by atoms with Crippen LogP contribution in [0, 0.1) is 16.7 Å². The van der Waals surface area contributed by atoms with Crippen molar-refractivity contribution < 1.29 is 1.43 Å². The quantitative estimate of drug-likeness (QED) is 0.699. The fourth-order valence-corrected chi connectivity index (χ4v) is 5.74. The maximum Gasteiger partial charge on any atom is 0.0790 e. The number of hydrogen-bond donors (Lipinski definition) is 1. The monoisotopic (exact) mass is 331 g/mol. The highest BCUT2D eigenvalue weighted by molar-refractivity contribution is 7.80. The van der Waals surface area contributed by atoms with Gasteiger partial charge in [-0.3, -0.25) is 0 Å². The van der Waals surface area contributed by atoms with Gasteiger partial charge in [0.1, 0.15) is 0 Å². The van der Waals surface area contributed by atoms with E-state index in [4.69, 9.17) is 18.0 Å². The van der Waals surface area contributed by atoms with E-state index < -0.39 is 0 Å². The van der Waals surface area contributed by atoms with E-state index in [0.717, 1.165) is 17.3 Å². The first-order valence-electron chi connectivity index (χ1n) is 9.25. The molecule has 0 amide bonds. The summed E-state index contributed by atoms with van der Waals surface area (Å²) in [4.78, 5) is 0.772. The van der Waals surface area contributed by atoms with Crippen LogP contribution in [0.25, 0.3) is 0 Å². The highest BCUT2D eigenvalue weighted by Gasteiger charge is 2.56. The summed E-state index contributed by atoms with van der Waals surface area (Å²) in [5.74, 6) is 0.733. The largest absolute Gasteiger partial charge is 0.393 e. The molecule has 2 fully saturated rings. The van der Waals surface area contributed by atoms with Crippen molar-refractivity contribution in [1.29, 1.82) is 0 Å². The minimum absolute atomic E-state index is 0. The standard InChI is InChI=1S/C21H31NS.H2/c1-4-19(3)11-12-21(18(22)23)14-17(19)13-20(5-2,15-21)16-9-7-6-8-10-16;/h6-10,17H,4-5,11-15H2,1-3H3,(H2,22,23);1H. The van der Waals surface area contributed by atoms with Gasteiger partial charge < -0.3 is 5.73 Å². The summed E-state index contributed by atoms with van der Waals surface area (Å²) < 4.78 is 0. The summed E-state index contributed by atoms with van der Waals surface area (Å²) in [6.45, 7) is 7.21. The second-order valence-corrected chi connectivity index (χ2v) is 8.87. The smallest absolute Gasteiger partial charge is 0.0790 e. The van der Waals surface area contributed by atoms with Gasteiger partial charge in [-0.1, -0.05) is 69.7 Å². The molecule has 2 N–H and O–H groups in total. The summed E-state index contributed by atoms with van der Waals surface area (Å²) in [6.07, 6.45) is 8.55. The van der Waals surface area contributed by atoms with Gasteiger partial charge in [0.2, 0.25) is 0 Å². The van der Waals surface area contributed by atoms with Gasteiger partial charge in [0.05, 0.1) is 4.99 Å². The Morgan fingerprint density at radius 1 is 1.17 bits per heavy atom. The Balaban J connectivity index is 0.00000208. The van der Waals surface area contributed by atoms with Crippen LogP contribution in [0.2, 0.25) is 0 Å². The zero-order valence-electron chi connectivity index (χ0n) is 14.9. The van der Waals surface area contributed by atoms with Crippen molar-refractivity contribution in [1.82, 2.24) is 0 Å². The van der Waals surface area contributed by atoms with E-state index in [1.165, 1.54) is 44.1 Å². The van der Waals surface area contributed by atoms with Crippen molar-refractivity contribution in [3.05, 3.63) is 35.9 Å². The number of thiocarbonyl (C=S) groups is 1. The zero-order valence-corrected chi connectivity index (χ0v) is 15.7. The molecule has 4 unspecified atom stereocenters. The van der Waals surface area contributed by atoms with E-state index in [-0.39, 0.29) is 12.3 Å². The van der Waals surface area contributed by atoms with Crippen molar-refractivity contribution in [2.24, 2.45) is 22.5 Å². The highest BCUT2D eigenvalue weighted by Crippen LogP contribution is 2.63. The predicted octanol–water partition coefficient (Wildman–Crippen LogP) is 5.86. The molecule has 23 heavy (non-hydrogen) atoms. The molecule has 0 spiro atoms. The number of rotatable bonds is 4. The van der Waals surface area contributed by atoms with Crippen LogP contribution in [0.4, 0.5) is 0 Å². The van der Waals surface area contributed by atoms with Gasteiger partial charge in [-0.15, -0.1) is 0 Å². The minimum Gasteiger partial charge on any atom is -0.393 e. The van der Waals surface area contributed by atoms with Gasteiger partial charge in [0, 0.05) is 6.84 Å². The number of nitrogens with two attached hydrogens (primary N) is 1. The van der Waals surface area contributed by atoms with Crippen molar-refractivity contribution in [2.45, 2.75) is 71.1 Å². The van der Waals surface area contributed by atoms with Crippen LogP contribution in [0.3, 0.4) is 0 Å². The second-order valence-electron chi connectivity index (χ2n) is 8.43.